The first-order valence-corrected chi connectivity index (χ1v) is 13.0. The first-order valence-electron chi connectivity index (χ1n) is 11.6. The quantitative estimate of drug-likeness (QED) is 0.611. The zero-order valence-electron chi connectivity index (χ0n) is 19.6. The summed E-state index contributed by atoms with van der Waals surface area (Å²) in [5.74, 6) is -0.243. The summed E-state index contributed by atoms with van der Waals surface area (Å²) < 4.78 is 19.0. The summed E-state index contributed by atoms with van der Waals surface area (Å²) in [6.45, 7) is 3.08. The smallest absolute Gasteiger partial charge is 0.241 e. The standard InChI is InChI=1S/C24H26ClFN6O3S/c1-35-17-5-2-15(3-6-17)30-8-10-31(11-9-30)21(33)14-36-24-28-22-18(13-27-29-22)23(34)32(24)16-4-7-20(26)19(25)12-16/h2-7,12,18,22,27,29H,8-11,13-14H2,1H3. The lowest BCUT2D eigenvalue weighted by atomic mass is 10.0. The summed E-state index contributed by atoms with van der Waals surface area (Å²) in [5.41, 5.74) is 7.47. The topological polar surface area (TPSA) is 89.5 Å². The van der Waals surface area contributed by atoms with Gasteiger partial charge in [-0.2, -0.15) is 0 Å². The predicted molar refractivity (Wildman–Crippen MR) is 139 cm³/mol. The zero-order chi connectivity index (χ0) is 25.2. The van der Waals surface area contributed by atoms with E-state index >= 15 is 0 Å². The van der Waals surface area contributed by atoms with Gasteiger partial charge < -0.3 is 14.5 Å². The molecule has 9 nitrogen and oxygen atoms in total. The normalized spacial score (nSPS) is 21.9. The van der Waals surface area contributed by atoms with Crippen LogP contribution in [0.2, 0.25) is 5.02 Å². The minimum atomic E-state index is -0.568. The Morgan fingerprint density at radius 2 is 1.89 bits per heavy atom. The molecule has 2 saturated heterocycles. The second-order valence-corrected chi connectivity index (χ2v) is 9.96. The Balaban J connectivity index is 1.24. The summed E-state index contributed by atoms with van der Waals surface area (Å²) in [7, 11) is 1.64. The van der Waals surface area contributed by atoms with Crippen molar-refractivity contribution in [3.05, 3.63) is 53.3 Å². The molecule has 0 aliphatic carbocycles. The van der Waals surface area contributed by atoms with Crippen molar-refractivity contribution in [2.75, 3.05) is 55.4 Å². The molecule has 2 aromatic rings. The van der Waals surface area contributed by atoms with Gasteiger partial charge in [0.1, 0.15) is 17.7 Å². The molecule has 3 aliphatic rings. The number of aliphatic imine (C=N–C) groups is 1. The number of benzene rings is 2. The number of nitrogens with zero attached hydrogens (tertiary/aromatic N) is 4. The maximum absolute atomic E-state index is 13.8. The Labute approximate surface area is 217 Å². The fraction of sp³-hybridized carbons (Fsp3) is 0.375. The molecular formula is C24H26ClFN6O3S. The average Bonchev–Trinajstić information content (AvgIpc) is 3.38. The maximum Gasteiger partial charge on any atom is 0.241 e. The third-order valence-electron chi connectivity index (χ3n) is 6.49. The molecule has 3 aliphatic heterocycles. The van der Waals surface area contributed by atoms with E-state index in [-0.39, 0.29) is 22.6 Å². The first kappa shape index (κ1) is 24.8. The number of thioether (sulfide) groups is 1. The maximum atomic E-state index is 13.8. The van der Waals surface area contributed by atoms with Gasteiger partial charge in [-0.25, -0.2) is 14.8 Å². The van der Waals surface area contributed by atoms with Crippen molar-refractivity contribution in [3.8, 4) is 5.75 Å². The van der Waals surface area contributed by atoms with Crippen molar-refractivity contribution < 1.29 is 18.7 Å². The van der Waals surface area contributed by atoms with E-state index in [1.165, 1.54) is 34.9 Å². The molecular weight excluding hydrogens is 507 g/mol. The number of nitrogens with one attached hydrogen (secondary N) is 2. The molecule has 0 bridgehead atoms. The molecule has 12 heteroatoms. The molecule has 2 aromatic carbocycles. The number of hydrazine groups is 1. The fourth-order valence-corrected chi connectivity index (χ4v) is 5.58. The lowest BCUT2D eigenvalue weighted by Gasteiger charge is -2.36. The van der Waals surface area contributed by atoms with Crippen LogP contribution in [-0.4, -0.2) is 73.6 Å². The molecule has 3 heterocycles. The highest BCUT2D eigenvalue weighted by Crippen LogP contribution is 2.31. The molecule has 190 valence electrons. The number of amides is 2. The number of fused-ring (bicyclic) bond motifs is 1. The van der Waals surface area contributed by atoms with Crippen LogP contribution in [0, 0.1) is 11.7 Å². The number of ether oxygens (including phenoxy) is 1. The van der Waals surface area contributed by atoms with E-state index in [4.69, 9.17) is 16.3 Å². The molecule has 0 aromatic heterocycles. The Morgan fingerprint density at radius 3 is 2.58 bits per heavy atom. The summed E-state index contributed by atoms with van der Waals surface area (Å²) >= 11 is 7.18. The van der Waals surface area contributed by atoms with E-state index in [1.54, 1.807) is 7.11 Å². The van der Waals surface area contributed by atoms with Gasteiger partial charge in [0.25, 0.3) is 0 Å². The van der Waals surface area contributed by atoms with Gasteiger partial charge in [0.05, 0.1) is 29.5 Å². The summed E-state index contributed by atoms with van der Waals surface area (Å²) in [6.07, 6.45) is -0.421. The predicted octanol–water partition coefficient (Wildman–Crippen LogP) is 2.32. The minimum absolute atomic E-state index is 0.0266. The van der Waals surface area contributed by atoms with Crippen LogP contribution in [-0.2, 0) is 9.59 Å². The third kappa shape index (κ3) is 5.01. The number of amidine groups is 1. The lowest BCUT2D eigenvalue weighted by molar-refractivity contribution is -0.128. The van der Waals surface area contributed by atoms with Crippen molar-refractivity contribution in [3.63, 3.8) is 0 Å². The van der Waals surface area contributed by atoms with Crippen LogP contribution >= 0.6 is 23.4 Å². The number of hydrogen-bond donors (Lipinski definition) is 2. The number of methoxy groups -OCH3 is 1. The van der Waals surface area contributed by atoms with E-state index < -0.39 is 17.9 Å². The van der Waals surface area contributed by atoms with Gasteiger partial charge >= 0.3 is 0 Å². The van der Waals surface area contributed by atoms with Gasteiger partial charge in [-0.15, -0.1) is 0 Å². The summed E-state index contributed by atoms with van der Waals surface area (Å²) in [4.78, 5) is 36.5. The van der Waals surface area contributed by atoms with E-state index in [9.17, 15) is 14.0 Å². The Morgan fingerprint density at radius 1 is 1.17 bits per heavy atom. The Kier molecular flexibility index (Phi) is 7.33. The Hall–Kier alpha value is -2.86. The van der Waals surface area contributed by atoms with Gasteiger partial charge in [-0.3, -0.25) is 19.9 Å². The monoisotopic (exact) mass is 532 g/mol. The molecule has 0 spiro atoms. The number of piperazine rings is 1. The molecule has 5 rings (SSSR count). The van der Waals surface area contributed by atoms with Crippen LogP contribution < -0.4 is 25.4 Å². The zero-order valence-corrected chi connectivity index (χ0v) is 21.2. The van der Waals surface area contributed by atoms with Crippen molar-refractivity contribution in [2.45, 2.75) is 6.17 Å². The second-order valence-electron chi connectivity index (χ2n) is 8.61. The van der Waals surface area contributed by atoms with Crippen LogP contribution in [0.5, 0.6) is 5.75 Å². The van der Waals surface area contributed by atoms with Crippen molar-refractivity contribution in [2.24, 2.45) is 10.9 Å². The number of halogens is 2. The number of carbonyl (C=O) groups is 2. The highest BCUT2D eigenvalue weighted by Gasteiger charge is 2.42. The largest absolute Gasteiger partial charge is 0.497 e. The molecule has 2 unspecified atom stereocenters. The number of anilines is 2. The van der Waals surface area contributed by atoms with Crippen molar-refractivity contribution in [1.82, 2.24) is 15.8 Å². The lowest BCUT2D eigenvalue weighted by Crippen LogP contribution is -2.51. The molecule has 36 heavy (non-hydrogen) atoms. The first-order chi connectivity index (χ1) is 17.4. The molecule has 2 atom stereocenters. The van der Waals surface area contributed by atoms with Gasteiger partial charge in [0.2, 0.25) is 11.8 Å². The minimum Gasteiger partial charge on any atom is -0.497 e. The average molecular weight is 533 g/mol. The highest BCUT2D eigenvalue weighted by atomic mass is 35.5. The third-order valence-corrected chi connectivity index (χ3v) is 7.71. The summed E-state index contributed by atoms with van der Waals surface area (Å²) in [6, 6.07) is 12.0. The molecule has 2 fully saturated rings. The van der Waals surface area contributed by atoms with Crippen LogP contribution in [0.25, 0.3) is 0 Å². The Bertz CT molecular complexity index is 1170. The molecule has 0 saturated carbocycles. The molecule has 0 radical (unpaired) electrons. The van der Waals surface area contributed by atoms with Crippen LogP contribution in [0.15, 0.2) is 47.5 Å². The van der Waals surface area contributed by atoms with Crippen molar-refractivity contribution in [1.29, 1.82) is 0 Å². The van der Waals surface area contributed by atoms with Gasteiger partial charge in [0, 0.05) is 38.4 Å². The van der Waals surface area contributed by atoms with Crippen LogP contribution in [0.3, 0.4) is 0 Å². The molecule has 2 N–H and O–H groups in total. The number of carbonyl (C=O) groups excluding carboxylic acids is 2. The SMILES string of the molecule is COc1ccc(N2CCN(C(=O)CSC3=NC4NNCC4C(=O)N3c3ccc(F)c(Cl)c3)CC2)cc1. The van der Waals surface area contributed by atoms with Crippen LogP contribution in [0.4, 0.5) is 15.8 Å². The van der Waals surface area contributed by atoms with E-state index in [0.29, 0.717) is 30.5 Å². The van der Waals surface area contributed by atoms with E-state index in [2.05, 4.69) is 20.7 Å². The van der Waals surface area contributed by atoms with Gasteiger partial charge in [0.15, 0.2) is 5.17 Å². The molecule has 2 amide bonds. The van der Waals surface area contributed by atoms with E-state index in [0.717, 1.165) is 24.5 Å². The van der Waals surface area contributed by atoms with Gasteiger partial charge in [-0.1, -0.05) is 23.4 Å². The number of hydrogen-bond acceptors (Lipinski definition) is 8. The fourth-order valence-electron chi connectivity index (χ4n) is 4.46. The second kappa shape index (κ2) is 10.6. The summed E-state index contributed by atoms with van der Waals surface area (Å²) in [5, 5.41) is 0.297. The van der Waals surface area contributed by atoms with Crippen LogP contribution in [0.1, 0.15) is 0 Å². The van der Waals surface area contributed by atoms with E-state index in [1.807, 2.05) is 29.2 Å². The number of rotatable bonds is 5. The highest BCUT2D eigenvalue weighted by molar-refractivity contribution is 8.14. The van der Waals surface area contributed by atoms with Crippen molar-refractivity contribution >= 4 is 51.7 Å². The van der Waals surface area contributed by atoms with Gasteiger partial charge in [-0.05, 0) is 42.5 Å².